The first kappa shape index (κ1) is 15.1. The van der Waals surface area contributed by atoms with Crippen molar-refractivity contribution >= 4 is 17.6 Å². The number of carboxylic acids is 1. The second kappa shape index (κ2) is 6.46. The fraction of sp³-hybridized carbons (Fsp3) is 0.533. The van der Waals surface area contributed by atoms with Gasteiger partial charge in [-0.25, -0.2) is 0 Å². The molecule has 1 unspecified atom stereocenters. The van der Waals surface area contributed by atoms with Crippen molar-refractivity contribution in [3.8, 4) is 5.75 Å². The Kier molecular flexibility index (Phi) is 4.89. The largest absolute Gasteiger partial charge is 0.492 e. The van der Waals surface area contributed by atoms with E-state index in [1.807, 2.05) is 24.0 Å². The van der Waals surface area contributed by atoms with E-state index >= 15 is 0 Å². The van der Waals surface area contributed by atoms with Crippen molar-refractivity contribution < 1.29 is 14.6 Å². The molecule has 0 saturated carbocycles. The van der Waals surface area contributed by atoms with Gasteiger partial charge in [0.15, 0.2) is 0 Å². The summed E-state index contributed by atoms with van der Waals surface area (Å²) in [5.74, 6) is 0.0370. The number of hydrogen-bond acceptors (Lipinski definition) is 3. The molecule has 110 valence electrons. The molecule has 0 amide bonds. The number of ether oxygens (including phenoxy) is 1. The average molecular weight is 298 g/mol. The molecule has 1 aliphatic heterocycles. The van der Waals surface area contributed by atoms with Gasteiger partial charge < -0.3 is 9.84 Å². The van der Waals surface area contributed by atoms with Crippen molar-refractivity contribution in [3.05, 3.63) is 29.3 Å². The molecular formula is C15H20ClNO3. The van der Waals surface area contributed by atoms with E-state index in [0.29, 0.717) is 24.6 Å². The van der Waals surface area contributed by atoms with Crippen LogP contribution < -0.4 is 4.74 Å². The smallest absolute Gasteiger partial charge is 0.324 e. The second-order valence-electron chi connectivity index (χ2n) is 5.08. The first-order valence-corrected chi connectivity index (χ1v) is 7.33. The van der Waals surface area contributed by atoms with E-state index in [2.05, 4.69) is 0 Å². The van der Waals surface area contributed by atoms with Crippen LogP contribution in [0.15, 0.2) is 24.3 Å². The van der Waals surface area contributed by atoms with Crippen molar-refractivity contribution in [1.29, 1.82) is 0 Å². The van der Waals surface area contributed by atoms with Crippen molar-refractivity contribution in [2.45, 2.75) is 31.7 Å². The molecule has 1 heterocycles. The van der Waals surface area contributed by atoms with Gasteiger partial charge in [-0.15, -0.1) is 0 Å². The lowest BCUT2D eigenvalue weighted by Gasteiger charge is -2.33. The molecule has 0 radical (unpaired) electrons. The SMILES string of the molecule is CCC1(C(=O)O)CCCN1CCOc1ccc(Cl)cc1. The van der Waals surface area contributed by atoms with Crippen LogP contribution in [-0.4, -0.2) is 41.2 Å². The van der Waals surface area contributed by atoms with Gasteiger partial charge in [-0.05, 0) is 50.1 Å². The van der Waals surface area contributed by atoms with Crippen molar-refractivity contribution in [3.63, 3.8) is 0 Å². The fourth-order valence-electron chi connectivity index (χ4n) is 2.86. The molecule has 1 atom stereocenters. The van der Waals surface area contributed by atoms with Gasteiger partial charge >= 0.3 is 5.97 Å². The van der Waals surface area contributed by atoms with Crippen molar-refractivity contribution in [1.82, 2.24) is 4.90 Å². The number of nitrogens with zero attached hydrogens (tertiary/aromatic N) is 1. The quantitative estimate of drug-likeness (QED) is 0.877. The molecular weight excluding hydrogens is 278 g/mol. The Balaban J connectivity index is 1.90. The molecule has 5 heteroatoms. The topological polar surface area (TPSA) is 49.8 Å². The van der Waals surface area contributed by atoms with Crippen LogP contribution in [0, 0.1) is 0 Å². The minimum Gasteiger partial charge on any atom is -0.492 e. The maximum Gasteiger partial charge on any atom is 0.324 e. The van der Waals surface area contributed by atoms with Gasteiger partial charge in [-0.2, -0.15) is 0 Å². The van der Waals surface area contributed by atoms with Crippen molar-refractivity contribution in [2.75, 3.05) is 19.7 Å². The molecule has 4 nitrogen and oxygen atoms in total. The Hall–Kier alpha value is -1.26. The van der Waals surface area contributed by atoms with Gasteiger partial charge in [0.2, 0.25) is 0 Å². The third-order valence-corrected chi connectivity index (χ3v) is 4.30. The third kappa shape index (κ3) is 3.07. The predicted molar refractivity (Wildman–Crippen MR) is 78.4 cm³/mol. The van der Waals surface area contributed by atoms with E-state index in [-0.39, 0.29) is 0 Å². The van der Waals surface area contributed by atoms with Gasteiger partial charge in [0.25, 0.3) is 0 Å². The normalized spacial score (nSPS) is 22.9. The maximum absolute atomic E-state index is 11.5. The van der Waals surface area contributed by atoms with Crippen molar-refractivity contribution in [2.24, 2.45) is 0 Å². The Morgan fingerprint density at radius 2 is 2.15 bits per heavy atom. The minimum absolute atomic E-state index is 0.483. The molecule has 20 heavy (non-hydrogen) atoms. The third-order valence-electron chi connectivity index (χ3n) is 4.05. The molecule has 1 saturated heterocycles. The van der Waals surface area contributed by atoms with Crippen LogP contribution in [0.3, 0.4) is 0 Å². The summed E-state index contributed by atoms with van der Waals surface area (Å²) in [6.07, 6.45) is 2.28. The molecule has 1 N–H and O–H groups in total. The lowest BCUT2D eigenvalue weighted by atomic mass is 9.93. The number of aliphatic carboxylic acids is 1. The van der Waals surface area contributed by atoms with Crippen LogP contribution in [-0.2, 0) is 4.79 Å². The minimum atomic E-state index is -0.719. The molecule has 1 fully saturated rings. The number of rotatable bonds is 6. The Bertz CT molecular complexity index is 463. The lowest BCUT2D eigenvalue weighted by Crippen LogP contribution is -2.51. The highest BCUT2D eigenvalue weighted by molar-refractivity contribution is 6.30. The molecule has 2 rings (SSSR count). The van der Waals surface area contributed by atoms with E-state index in [9.17, 15) is 9.90 Å². The highest BCUT2D eigenvalue weighted by atomic mass is 35.5. The number of halogens is 1. The van der Waals surface area contributed by atoms with Gasteiger partial charge in [0.05, 0.1) is 0 Å². The fourth-order valence-corrected chi connectivity index (χ4v) is 2.98. The standard InChI is InChI=1S/C15H20ClNO3/c1-2-15(14(18)19)8-3-9-17(15)10-11-20-13-6-4-12(16)5-7-13/h4-7H,2-3,8-11H2,1H3,(H,18,19). The maximum atomic E-state index is 11.5. The lowest BCUT2D eigenvalue weighted by molar-refractivity contribution is -0.150. The summed E-state index contributed by atoms with van der Waals surface area (Å²) in [7, 11) is 0. The molecule has 0 bridgehead atoms. The van der Waals surface area contributed by atoms with Crippen LogP contribution in [0.25, 0.3) is 0 Å². The summed E-state index contributed by atoms with van der Waals surface area (Å²) in [6.45, 7) is 3.87. The van der Waals surface area contributed by atoms with E-state index in [1.165, 1.54) is 0 Å². The van der Waals surface area contributed by atoms with Crippen LogP contribution in [0.2, 0.25) is 5.02 Å². The first-order valence-electron chi connectivity index (χ1n) is 6.95. The predicted octanol–water partition coefficient (Wildman–Crippen LogP) is 3.05. The summed E-state index contributed by atoms with van der Waals surface area (Å²) < 4.78 is 5.65. The van der Waals surface area contributed by atoms with Crippen LogP contribution in [0.5, 0.6) is 5.75 Å². The van der Waals surface area contributed by atoms with Gasteiger partial charge in [-0.1, -0.05) is 18.5 Å². The van der Waals surface area contributed by atoms with Gasteiger partial charge in [0.1, 0.15) is 17.9 Å². The Morgan fingerprint density at radius 1 is 1.45 bits per heavy atom. The number of carbonyl (C=O) groups is 1. The Labute approximate surface area is 124 Å². The van der Waals surface area contributed by atoms with E-state index in [0.717, 1.165) is 25.1 Å². The zero-order chi connectivity index (χ0) is 14.6. The zero-order valence-corrected chi connectivity index (χ0v) is 12.4. The number of carboxylic acid groups (broad SMARTS) is 1. The summed E-state index contributed by atoms with van der Waals surface area (Å²) in [5, 5.41) is 10.2. The van der Waals surface area contributed by atoms with E-state index in [4.69, 9.17) is 16.3 Å². The van der Waals surface area contributed by atoms with Gasteiger partial charge in [-0.3, -0.25) is 9.69 Å². The molecule has 1 aromatic rings. The molecule has 0 aromatic heterocycles. The van der Waals surface area contributed by atoms with E-state index < -0.39 is 11.5 Å². The molecule has 0 spiro atoms. The highest BCUT2D eigenvalue weighted by Crippen LogP contribution is 2.32. The monoisotopic (exact) mass is 297 g/mol. The van der Waals surface area contributed by atoms with Crippen LogP contribution >= 0.6 is 11.6 Å². The zero-order valence-electron chi connectivity index (χ0n) is 11.6. The number of likely N-dealkylation sites (tertiary alicyclic amines) is 1. The van der Waals surface area contributed by atoms with Gasteiger partial charge in [0, 0.05) is 11.6 Å². The second-order valence-corrected chi connectivity index (χ2v) is 5.52. The molecule has 1 aliphatic rings. The van der Waals surface area contributed by atoms with Crippen LogP contribution in [0.4, 0.5) is 0 Å². The summed E-state index contributed by atoms with van der Waals surface area (Å²) in [6, 6.07) is 7.19. The first-order chi connectivity index (χ1) is 9.58. The number of benzene rings is 1. The Morgan fingerprint density at radius 3 is 2.75 bits per heavy atom. The summed E-state index contributed by atoms with van der Waals surface area (Å²) in [4.78, 5) is 13.6. The highest BCUT2D eigenvalue weighted by Gasteiger charge is 2.45. The average Bonchev–Trinajstić information content (AvgIpc) is 2.85. The summed E-state index contributed by atoms with van der Waals surface area (Å²) >= 11 is 5.81. The van der Waals surface area contributed by atoms with Crippen LogP contribution in [0.1, 0.15) is 26.2 Å². The summed E-state index contributed by atoms with van der Waals surface area (Å²) in [5.41, 5.74) is -0.705. The molecule has 1 aromatic carbocycles. The molecule has 0 aliphatic carbocycles. The van der Waals surface area contributed by atoms with E-state index in [1.54, 1.807) is 12.1 Å². The number of hydrogen-bond donors (Lipinski definition) is 1.